The van der Waals surface area contributed by atoms with Gasteiger partial charge in [0.2, 0.25) is 5.91 Å². The molecule has 0 unspecified atom stereocenters. The molecule has 3 N–H and O–H groups in total. The van der Waals surface area contributed by atoms with E-state index in [2.05, 4.69) is 11.1 Å². The number of amides is 1. The molecule has 148 valence electrons. The number of hydrogen-bond acceptors (Lipinski definition) is 6. The maximum Gasteiger partial charge on any atom is 0.225 e. The molecule has 0 aromatic carbocycles. The highest BCUT2D eigenvalue weighted by Crippen LogP contribution is 2.46. The Labute approximate surface area is 168 Å². The summed E-state index contributed by atoms with van der Waals surface area (Å²) < 4.78 is 6.34. The van der Waals surface area contributed by atoms with E-state index in [0.29, 0.717) is 31.7 Å². The van der Waals surface area contributed by atoms with Crippen LogP contribution in [0, 0.1) is 5.92 Å². The number of piperidine rings is 1. The van der Waals surface area contributed by atoms with Gasteiger partial charge in [-0.3, -0.25) is 4.79 Å². The lowest BCUT2D eigenvalue weighted by Crippen LogP contribution is -2.51. The summed E-state index contributed by atoms with van der Waals surface area (Å²) in [6, 6.07) is 7.95. The maximum atomic E-state index is 12.6. The molecule has 0 atom stereocenters. The molecule has 1 amide bonds. The van der Waals surface area contributed by atoms with Gasteiger partial charge in [-0.1, -0.05) is 6.07 Å². The zero-order chi connectivity index (χ0) is 19.3. The Morgan fingerprint density at radius 1 is 1.32 bits per heavy atom. The summed E-state index contributed by atoms with van der Waals surface area (Å²) in [5.41, 5.74) is 7.75. The lowest BCUT2D eigenvalue weighted by molar-refractivity contribution is -0.150. The Balaban J connectivity index is 1.36. The molecule has 1 spiro atoms. The summed E-state index contributed by atoms with van der Waals surface area (Å²) in [5.74, 6) is 0.739. The second-order valence-electron chi connectivity index (χ2n) is 8.14. The number of aliphatic hydroxyl groups is 1. The van der Waals surface area contributed by atoms with E-state index < -0.39 is 0 Å². The van der Waals surface area contributed by atoms with Crippen LogP contribution in [0.25, 0.3) is 10.6 Å². The number of aliphatic hydroxyl groups excluding tert-OH is 1. The van der Waals surface area contributed by atoms with Gasteiger partial charge in [0.05, 0.1) is 28.9 Å². The summed E-state index contributed by atoms with van der Waals surface area (Å²) in [7, 11) is 0. The van der Waals surface area contributed by atoms with E-state index in [0.717, 1.165) is 36.4 Å². The van der Waals surface area contributed by atoms with Gasteiger partial charge in [-0.15, -0.1) is 11.3 Å². The van der Waals surface area contributed by atoms with Gasteiger partial charge >= 0.3 is 0 Å². The van der Waals surface area contributed by atoms with Crippen LogP contribution in [-0.4, -0.2) is 46.7 Å². The number of hydrogen-bond donors (Lipinski definition) is 2. The summed E-state index contributed by atoms with van der Waals surface area (Å²) in [6.07, 6.45) is 3.50. The fraction of sp³-hybridized carbons (Fsp3) is 0.524. The predicted octanol–water partition coefficient (Wildman–Crippen LogP) is 2.55. The molecule has 2 aromatic rings. The maximum absolute atomic E-state index is 12.6. The molecule has 6 nitrogen and oxygen atoms in total. The van der Waals surface area contributed by atoms with Crippen molar-refractivity contribution in [1.29, 1.82) is 0 Å². The zero-order valence-electron chi connectivity index (χ0n) is 15.8. The Morgan fingerprint density at radius 3 is 2.82 bits per heavy atom. The van der Waals surface area contributed by atoms with Gasteiger partial charge < -0.3 is 20.5 Å². The molecule has 28 heavy (non-hydrogen) atoms. The molecule has 3 aliphatic rings. The second-order valence-corrected chi connectivity index (χ2v) is 9.27. The van der Waals surface area contributed by atoms with E-state index in [1.165, 1.54) is 10.4 Å². The first kappa shape index (κ1) is 18.1. The number of rotatable bonds is 2. The van der Waals surface area contributed by atoms with Crippen molar-refractivity contribution >= 4 is 23.1 Å². The van der Waals surface area contributed by atoms with Crippen LogP contribution in [0.15, 0.2) is 24.3 Å². The monoisotopic (exact) mass is 399 g/mol. The lowest BCUT2D eigenvalue weighted by Gasteiger charge is -2.45. The van der Waals surface area contributed by atoms with Gasteiger partial charge in [0.25, 0.3) is 0 Å². The third-order valence-electron chi connectivity index (χ3n) is 6.38. The third-order valence-corrected chi connectivity index (χ3v) is 7.59. The average Bonchev–Trinajstić information content (AvgIpc) is 3.12. The topological polar surface area (TPSA) is 88.7 Å². The number of nitrogens with zero attached hydrogens (tertiary/aromatic N) is 2. The number of nitrogens with two attached hydrogens (primary N) is 1. The molecule has 1 saturated carbocycles. The standard InChI is InChI=1S/C21H25N3O3S/c22-19-3-1-2-16(23-19)18-12-15-17(28-18)4-9-27-21(15)5-7-24(8-6-21)20(26)13-10-14(25)11-13/h1-3,12-14,25H,4-11H2,(H2,22,23). The van der Waals surface area contributed by atoms with Crippen LogP contribution in [0.4, 0.5) is 5.82 Å². The number of carbonyl (C=O) groups is 1. The number of fused-ring (bicyclic) bond motifs is 2. The van der Waals surface area contributed by atoms with Gasteiger partial charge in [0, 0.05) is 30.3 Å². The first-order valence-electron chi connectivity index (χ1n) is 10.0. The molecular formula is C21H25N3O3S. The Kier molecular flexibility index (Phi) is 4.41. The number of ether oxygens (including phenoxy) is 1. The van der Waals surface area contributed by atoms with Crippen molar-refractivity contribution in [2.45, 2.75) is 43.8 Å². The van der Waals surface area contributed by atoms with Crippen LogP contribution in [0.2, 0.25) is 0 Å². The summed E-state index contributed by atoms with van der Waals surface area (Å²) in [6.45, 7) is 2.15. The van der Waals surface area contributed by atoms with Gasteiger partial charge in [-0.2, -0.15) is 0 Å². The minimum absolute atomic E-state index is 0.00856. The van der Waals surface area contributed by atoms with Gasteiger partial charge in [-0.25, -0.2) is 4.98 Å². The predicted molar refractivity (Wildman–Crippen MR) is 108 cm³/mol. The smallest absolute Gasteiger partial charge is 0.225 e. The van der Waals surface area contributed by atoms with Crippen LogP contribution in [0.1, 0.15) is 36.1 Å². The molecule has 0 bridgehead atoms. The number of likely N-dealkylation sites (tertiary alicyclic amines) is 1. The SMILES string of the molecule is Nc1cccc(-c2cc3c(s2)CCOC32CCN(C(=O)C3CC(O)C3)CC2)n1. The molecule has 2 aromatic heterocycles. The molecule has 1 aliphatic carbocycles. The molecule has 5 rings (SSSR count). The van der Waals surface area contributed by atoms with Crippen molar-refractivity contribution in [3.05, 3.63) is 34.7 Å². The van der Waals surface area contributed by atoms with Crippen molar-refractivity contribution < 1.29 is 14.6 Å². The molecular weight excluding hydrogens is 374 g/mol. The normalized spacial score (nSPS) is 26.0. The third kappa shape index (κ3) is 3.02. The number of pyridine rings is 1. The van der Waals surface area contributed by atoms with E-state index >= 15 is 0 Å². The van der Waals surface area contributed by atoms with Crippen molar-refractivity contribution in [1.82, 2.24) is 9.88 Å². The fourth-order valence-corrected chi connectivity index (χ4v) is 5.88. The quantitative estimate of drug-likeness (QED) is 0.810. The molecule has 7 heteroatoms. The minimum Gasteiger partial charge on any atom is -0.393 e. The van der Waals surface area contributed by atoms with Crippen molar-refractivity contribution in [3.8, 4) is 10.6 Å². The van der Waals surface area contributed by atoms with Gasteiger partial charge in [0.1, 0.15) is 5.82 Å². The van der Waals surface area contributed by atoms with Crippen molar-refractivity contribution in [3.63, 3.8) is 0 Å². The molecule has 2 aliphatic heterocycles. The molecule has 2 fully saturated rings. The van der Waals surface area contributed by atoms with Crippen molar-refractivity contribution in [2.75, 3.05) is 25.4 Å². The highest BCUT2D eigenvalue weighted by Gasteiger charge is 2.44. The largest absolute Gasteiger partial charge is 0.393 e. The first-order valence-corrected chi connectivity index (χ1v) is 10.8. The van der Waals surface area contributed by atoms with E-state index in [1.807, 2.05) is 17.0 Å². The number of anilines is 1. The first-order chi connectivity index (χ1) is 13.5. The van der Waals surface area contributed by atoms with Crippen LogP contribution in [0.5, 0.6) is 0 Å². The minimum atomic E-state index is -0.293. The fourth-order valence-electron chi connectivity index (χ4n) is 4.68. The highest BCUT2D eigenvalue weighted by atomic mass is 32.1. The van der Waals surface area contributed by atoms with Crippen molar-refractivity contribution in [2.24, 2.45) is 5.92 Å². The van der Waals surface area contributed by atoms with Crippen LogP contribution < -0.4 is 5.73 Å². The van der Waals surface area contributed by atoms with Gasteiger partial charge in [0.15, 0.2) is 0 Å². The zero-order valence-corrected chi connectivity index (χ0v) is 16.6. The summed E-state index contributed by atoms with van der Waals surface area (Å²) in [5, 5.41) is 9.48. The Bertz CT molecular complexity index is 898. The van der Waals surface area contributed by atoms with E-state index in [-0.39, 0.29) is 23.5 Å². The van der Waals surface area contributed by atoms with E-state index in [4.69, 9.17) is 10.5 Å². The Morgan fingerprint density at radius 2 is 2.11 bits per heavy atom. The Hall–Kier alpha value is -1.96. The molecule has 1 saturated heterocycles. The number of carbonyl (C=O) groups excluding carboxylic acids is 1. The van der Waals surface area contributed by atoms with E-state index in [9.17, 15) is 9.90 Å². The van der Waals surface area contributed by atoms with Crippen LogP contribution >= 0.6 is 11.3 Å². The second kappa shape index (κ2) is 6.83. The van der Waals surface area contributed by atoms with E-state index in [1.54, 1.807) is 17.4 Å². The number of nitrogen functional groups attached to an aromatic ring is 1. The number of aromatic nitrogens is 1. The summed E-state index contributed by atoms with van der Waals surface area (Å²) >= 11 is 1.78. The molecule has 4 heterocycles. The van der Waals surface area contributed by atoms with Gasteiger partial charge in [-0.05, 0) is 49.4 Å². The van der Waals surface area contributed by atoms with Crippen LogP contribution in [0.3, 0.4) is 0 Å². The summed E-state index contributed by atoms with van der Waals surface area (Å²) in [4.78, 5) is 21.6. The highest BCUT2D eigenvalue weighted by molar-refractivity contribution is 7.15. The molecule has 0 radical (unpaired) electrons. The average molecular weight is 400 g/mol. The van der Waals surface area contributed by atoms with Crippen LogP contribution in [-0.2, 0) is 21.6 Å². The lowest BCUT2D eigenvalue weighted by atomic mass is 9.79. The number of thiophene rings is 1.